The van der Waals surface area contributed by atoms with E-state index >= 15 is 0 Å². The molecule has 0 aliphatic carbocycles. The highest BCUT2D eigenvalue weighted by Gasteiger charge is 2.29. The Morgan fingerprint density at radius 2 is 1.16 bits per heavy atom. The molecule has 1 aromatic carbocycles. The van der Waals surface area contributed by atoms with Gasteiger partial charge in [0, 0.05) is 25.2 Å². The average molecular weight is 445 g/mol. The fourth-order valence-corrected chi connectivity index (χ4v) is 4.99. The molecule has 3 rings (SSSR count). The van der Waals surface area contributed by atoms with Crippen LogP contribution in [0.25, 0.3) is 0 Å². The van der Waals surface area contributed by atoms with E-state index in [1.54, 1.807) is 24.3 Å². The van der Waals surface area contributed by atoms with Crippen LogP contribution in [0.3, 0.4) is 0 Å². The normalized spacial score (nSPS) is 24.5. The van der Waals surface area contributed by atoms with Crippen LogP contribution < -0.4 is 0 Å². The first-order valence-electron chi connectivity index (χ1n) is 12.5. The first kappa shape index (κ1) is 24.7. The molecule has 0 N–H and O–H groups in total. The van der Waals surface area contributed by atoms with Gasteiger partial charge < -0.3 is 9.47 Å². The fraction of sp³-hybridized carbons (Fsp3) is 0.692. The lowest BCUT2D eigenvalue weighted by Crippen LogP contribution is -2.46. The summed E-state index contributed by atoms with van der Waals surface area (Å²) in [5.41, 5.74) is 0.919. The molecular formula is C26H40N2O4. The second-order valence-electron chi connectivity index (χ2n) is 9.28. The number of carbonyl (C=O) groups excluding carboxylic acids is 2. The number of hydrogen-bond acceptors (Lipinski definition) is 6. The van der Waals surface area contributed by atoms with Gasteiger partial charge in [0.2, 0.25) is 0 Å². The molecule has 2 aliphatic heterocycles. The Morgan fingerprint density at radius 3 is 1.47 bits per heavy atom. The lowest BCUT2D eigenvalue weighted by atomic mass is 10.0. The van der Waals surface area contributed by atoms with Crippen LogP contribution in [-0.2, 0) is 9.47 Å². The SMILES string of the molecule is CCC(OC(=O)c1ccc(C(=O)OC(CC)N2CCCCC2C)cc1)N1CCCCC1C. The Balaban J connectivity index is 1.59. The van der Waals surface area contributed by atoms with Crippen molar-refractivity contribution in [3.05, 3.63) is 35.4 Å². The Hall–Kier alpha value is -1.92. The lowest BCUT2D eigenvalue weighted by Gasteiger charge is -2.38. The van der Waals surface area contributed by atoms with Crippen molar-refractivity contribution in [2.75, 3.05) is 13.1 Å². The standard InChI is InChI=1S/C26H40N2O4/c1-5-23(27-17-9-7-11-19(27)3)31-25(29)21-13-15-22(16-14-21)26(30)32-24(6-2)28-18-10-8-12-20(28)4/h13-16,19-20,23-24H,5-12,17-18H2,1-4H3. The second-order valence-corrected chi connectivity index (χ2v) is 9.28. The number of piperidine rings is 2. The van der Waals surface area contributed by atoms with E-state index in [1.807, 2.05) is 13.8 Å². The van der Waals surface area contributed by atoms with Crippen LogP contribution in [0.1, 0.15) is 99.8 Å². The van der Waals surface area contributed by atoms with E-state index in [0.717, 1.165) is 51.6 Å². The maximum atomic E-state index is 12.7. The first-order chi connectivity index (χ1) is 15.4. The molecule has 1 aromatic rings. The summed E-state index contributed by atoms with van der Waals surface area (Å²) in [5, 5.41) is 0. The Bertz CT molecular complexity index is 688. The largest absolute Gasteiger partial charge is 0.443 e. The van der Waals surface area contributed by atoms with E-state index in [-0.39, 0.29) is 24.4 Å². The number of carbonyl (C=O) groups is 2. The van der Waals surface area contributed by atoms with Gasteiger partial charge in [-0.1, -0.05) is 26.7 Å². The summed E-state index contributed by atoms with van der Waals surface area (Å²) in [6.07, 6.45) is 8.12. The van der Waals surface area contributed by atoms with Crippen LogP contribution in [0.15, 0.2) is 24.3 Å². The number of benzene rings is 1. The molecule has 4 atom stereocenters. The van der Waals surface area contributed by atoms with Crippen LogP contribution in [0.4, 0.5) is 0 Å². The fourth-order valence-electron chi connectivity index (χ4n) is 4.99. The van der Waals surface area contributed by atoms with Gasteiger partial charge in [0.05, 0.1) is 11.1 Å². The van der Waals surface area contributed by atoms with E-state index in [4.69, 9.17) is 9.47 Å². The molecule has 6 heteroatoms. The summed E-state index contributed by atoms with van der Waals surface area (Å²) < 4.78 is 11.7. The minimum Gasteiger partial charge on any atom is -0.443 e. The Labute approximate surface area is 193 Å². The van der Waals surface area contributed by atoms with Crippen molar-refractivity contribution in [3.8, 4) is 0 Å². The summed E-state index contributed by atoms with van der Waals surface area (Å²) in [4.78, 5) is 30.1. The second kappa shape index (κ2) is 11.8. The van der Waals surface area contributed by atoms with Crippen molar-refractivity contribution in [1.29, 1.82) is 0 Å². The highest BCUT2D eigenvalue weighted by molar-refractivity contribution is 5.93. The molecule has 32 heavy (non-hydrogen) atoms. The van der Waals surface area contributed by atoms with Gasteiger partial charge in [-0.05, 0) is 76.6 Å². The summed E-state index contributed by atoms with van der Waals surface area (Å²) in [6.45, 7) is 10.4. The van der Waals surface area contributed by atoms with Gasteiger partial charge in [0.15, 0.2) is 12.5 Å². The molecule has 178 valence electrons. The van der Waals surface area contributed by atoms with Crippen molar-refractivity contribution in [2.24, 2.45) is 0 Å². The smallest absolute Gasteiger partial charge is 0.339 e. The van der Waals surface area contributed by atoms with Crippen LogP contribution >= 0.6 is 0 Å². The minimum atomic E-state index is -0.344. The highest BCUT2D eigenvalue weighted by atomic mass is 16.6. The van der Waals surface area contributed by atoms with Crippen LogP contribution in [0, 0.1) is 0 Å². The van der Waals surface area contributed by atoms with Crippen molar-refractivity contribution in [2.45, 2.75) is 104 Å². The number of rotatable bonds is 8. The number of esters is 2. The molecule has 0 saturated carbocycles. The van der Waals surface area contributed by atoms with Gasteiger partial charge in [0.25, 0.3) is 0 Å². The van der Waals surface area contributed by atoms with E-state index in [0.29, 0.717) is 23.2 Å². The molecule has 2 fully saturated rings. The van der Waals surface area contributed by atoms with Gasteiger partial charge in [-0.3, -0.25) is 9.80 Å². The zero-order valence-corrected chi connectivity index (χ0v) is 20.2. The molecule has 0 bridgehead atoms. The molecule has 2 heterocycles. The van der Waals surface area contributed by atoms with Crippen molar-refractivity contribution < 1.29 is 19.1 Å². The third-order valence-electron chi connectivity index (χ3n) is 6.99. The summed E-state index contributed by atoms with van der Waals surface area (Å²) in [7, 11) is 0. The highest BCUT2D eigenvalue weighted by Crippen LogP contribution is 2.24. The summed E-state index contributed by atoms with van der Waals surface area (Å²) >= 11 is 0. The predicted molar refractivity (Wildman–Crippen MR) is 125 cm³/mol. The molecule has 0 aromatic heterocycles. The molecule has 0 radical (unpaired) electrons. The van der Waals surface area contributed by atoms with Gasteiger partial charge in [-0.2, -0.15) is 0 Å². The van der Waals surface area contributed by atoms with E-state index in [9.17, 15) is 9.59 Å². The lowest BCUT2D eigenvalue weighted by molar-refractivity contribution is -0.0598. The van der Waals surface area contributed by atoms with Crippen LogP contribution in [0.2, 0.25) is 0 Å². The third-order valence-corrected chi connectivity index (χ3v) is 6.99. The molecule has 2 aliphatic rings. The Kier molecular flexibility index (Phi) is 9.11. The zero-order chi connectivity index (χ0) is 23.1. The average Bonchev–Trinajstić information content (AvgIpc) is 2.82. The zero-order valence-electron chi connectivity index (χ0n) is 20.2. The van der Waals surface area contributed by atoms with Gasteiger partial charge >= 0.3 is 11.9 Å². The van der Waals surface area contributed by atoms with Gasteiger partial charge in [0.1, 0.15) is 0 Å². The predicted octanol–water partition coefficient (Wildman–Crippen LogP) is 5.22. The van der Waals surface area contributed by atoms with Crippen molar-refractivity contribution in [1.82, 2.24) is 9.80 Å². The van der Waals surface area contributed by atoms with Crippen molar-refractivity contribution >= 4 is 11.9 Å². The number of likely N-dealkylation sites (tertiary alicyclic amines) is 2. The first-order valence-corrected chi connectivity index (χ1v) is 12.5. The maximum Gasteiger partial charge on any atom is 0.339 e. The molecule has 4 unspecified atom stereocenters. The topological polar surface area (TPSA) is 59.1 Å². The monoisotopic (exact) mass is 444 g/mol. The maximum absolute atomic E-state index is 12.7. The number of nitrogens with zero attached hydrogens (tertiary/aromatic N) is 2. The third kappa shape index (κ3) is 6.10. The molecule has 0 spiro atoms. The van der Waals surface area contributed by atoms with Crippen LogP contribution in [-0.4, -0.2) is 59.4 Å². The van der Waals surface area contributed by atoms with Gasteiger partial charge in [-0.15, -0.1) is 0 Å². The van der Waals surface area contributed by atoms with Crippen LogP contribution in [0.5, 0.6) is 0 Å². The Morgan fingerprint density at radius 1 is 0.781 bits per heavy atom. The van der Waals surface area contributed by atoms with E-state index in [2.05, 4.69) is 23.6 Å². The summed E-state index contributed by atoms with van der Waals surface area (Å²) in [6, 6.07) is 7.50. The van der Waals surface area contributed by atoms with E-state index in [1.165, 1.54) is 12.8 Å². The number of ether oxygens (including phenoxy) is 2. The molecule has 6 nitrogen and oxygen atoms in total. The van der Waals surface area contributed by atoms with E-state index < -0.39 is 0 Å². The minimum absolute atomic E-state index is 0.209. The quantitative estimate of drug-likeness (QED) is 0.512. The molecular weight excluding hydrogens is 404 g/mol. The molecule has 0 amide bonds. The summed E-state index contributed by atoms with van der Waals surface area (Å²) in [5.74, 6) is -0.689. The van der Waals surface area contributed by atoms with Gasteiger partial charge in [-0.25, -0.2) is 9.59 Å². The van der Waals surface area contributed by atoms with Crippen molar-refractivity contribution in [3.63, 3.8) is 0 Å². The molecule has 2 saturated heterocycles. The number of hydrogen-bond donors (Lipinski definition) is 0.